The minimum atomic E-state index is -0.373. The number of halogens is 1. The fraction of sp³-hybridized carbons (Fsp3) is 0.222. The molecule has 13 heteroatoms. The van der Waals surface area contributed by atoms with E-state index >= 15 is 0 Å². The Morgan fingerprint density at radius 1 is 1.07 bits per heavy atom. The van der Waals surface area contributed by atoms with E-state index in [1.54, 1.807) is 30.3 Å². The number of rotatable bonds is 10. The molecule has 1 amide bonds. The van der Waals surface area contributed by atoms with Gasteiger partial charge in [0.05, 0.1) is 46.3 Å². The predicted octanol–water partition coefficient (Wildman–Crippen LogP) is 2.63. The normalized spacial score (nSPS) is 11.0. The summed E-state index contributed by atoms with van der Waals surface area (Å²) in [4.78, 5) is 30.0. The molecule has 12 nitrogen and oxygen atoms in total. The van der Waals surface area contributed by atoms with Gasteiger partial charge in [-0.1, -0.05) is 12.1 Å². The van der Waals surface area contributed by atoms with E-state index in [0.717, 1.165) is 0 Å². The Balaban J connectivity index is 1.25. The van der Waals surface area contributed by atoms with E-state index in [1.165, 1.54) is 55.2 Å². The van der Waals surface area contributed by atoms with Crippen LogP contribution in [-0.4, -0.2) is 63.3 Å². The highest BCUT2D eigenvalue weighted by atomic mass is 19.1. The number of H-pyrrole nitrogens is 1. The summed E-state index contributed by atoms with van der Waals surface area (Å²) in [6.07, 6.45) is 2.84. The van der Waals surface area contributed by atoms with Crippen molar-refractivity contribution in [3.05, 3.63) is 82.4 Å². The average molecular weight is 548 g/mol. The second-order valence-electron chi connectivity index (χ2n) is 8.75. The molecule has 0 aliphatic carbocycles. The summed E-state index contributed by atoms with van der Waals surface area (Å²) in [5.74, 6) is 0.640. The topological polar surface area (TPSA) is 138 Å². The minimum absolute atomic E-state index is 0.184. The fourth-order valence-corrected chi connectivity index (χ4v) is 4.29. The van der Waals surface area contributed by atoms with Gasteiger partial charge in [0, 0.05) is 12.1 Å². The summed E-state index contributed by atoms with van der Waals surface area (Å²) in [6, 6.07) is 11.1. The fourth-order valence-electron chi connectivity index (χ4n) is 4.29. The zero-order chi connectivity index (χ0) is 28.2. The zero-order valence-corrected chi connectivity index (χ0v) is 22.0. The highest BCUT2D eigenvalue weighted by Gasteiger charge is 2.17. The summed E-state index contributed by atoms with van der Waals surface area (Å²) in [7, 11) is 4.56. The highest BCUT2D eigenvalue weighted by Crippen LogP contribution is 2.40. The summed E-state index contributed by atoms with van der Waals surface area (Å²) in [6.45, 7) is 0.689. The molecule has 0 aliphatic rings. The summed E-state index contributed by atoms with van der Waals surface area (Å²) < 4.78 is 32.6. The number of methoxy groups -OCH3 is 3. The monoisotopic (exact) mass is 547 g/mol. The minimum Gasteiger partial charge on any atom is -0.493 e. The zero-order valence-electron chi connectivity index (χ0n) is 22.0. The molecule has 0 fully saturated rings. The Bertz CT molecular complexity index is 1720. The lowest BCUT2D eigenvalue weighted by Crippen LogP contribution is -2.28. The van der Waals surface area contributed by atoms with E-state index in [0.29, 0.717) is 45.1 Å². The number of amides is 1. The molecule has 0 saturated heterocycles. The molecule has 0 unspecified atom stereocenters. The second kappa shape index (κ2) is 11.3. The maximum absolute atomic E-state index is 13.5. The first kappa shape index (κ1) is 26.4. The Labute approximate surface area is 227 Å². The predicted molar refractivity (Wildman–Crippen MR) is 143 cm³/mol. The molecule has 3 aromatic heterocycles. The van der Waals surface area contributed by atoms with Crippen LogP contribution in [0.25, 0.3) is 22.3 Å². The van der Waals surface area contributed by atoms with Crippen molar-refractivity contribution in [2.45, 2.75) is 13.1 Å². The van der Waals surface area contributed by atoms with E-state index in [1.807, 2.05) is 0 Å². The quantitative estimate of drug-likeness (QED) is 0.272. The number of nitrogens with one attached hydrogen (secondary N) is 2. The van der Waals surface area contributed by atoms with Crippen LogP contribution in [-0.2, 0) is 13.1 Å². The summed E-state index contributed by atoms with van der Waals surface area (Å²) in [5.41, 5.74) is 2.18. The smallest absolute Gasteiger partial charge is 0.269 e. The summed E-state index contributed by atoms with van der Waals surface area (Å²) in [5, 5.41) is 14.4. The number of nitrogens with zero attached hydrogens (tertiary/aromatic N) is 5. The first-order valence-electron chi connectivity index (χ1n) is 12.2. The van der Waals surface area contributed by atoms with Crippen molar-refractivity contribution in [1.29, 1.82) is 0 Å². The van der Waals surface area contributed by atoms with Crippen LogP contribution in [0.15, 0.2) is 59.8 Å². The van der Waals surface area contributed by atoms with Crippen LogP contribution in [0, 0.1) is 5.82 Å². The van der Waals surface area contributed by atoms with Crippen molar-refractivity contribution in [3.63, 3.8) is 0 Å². The number of benzene rings is 2. The van der Waals surface area contributed by atoms with Crippen LogP contribution in [0.2, 0.25) is 0 Å². The largest absolute Gasteiger partial charge is 0.493 e. The number of ether oxygens (including phenoxy) is 3. The third-order valence-corrected chi connectivity index (χ3v) is 6.26. The molecule has 0 aliphatic heterocycles. The lowest BCUT2D eigenvalue weighted by Gasteiger charge is -2.13. The van der Waals surface area contributed by atoms with Crippen LogP contribution in [0.1, 0.15) is 16.1 Å². The number of carbonyl (C=O) groups is 1. The van der Waals surface area contributed by atoms with E-state index in [9.17, 15) is 14.0 Å². The van der Waals surface area contributed by atoms with Gasteiger partial charge in [0.1, 0.15) is 23.2 Å². The number of hydrogen-bond donors (Lipinski definition) is 2. The van der Waals surface area contributed by atoms with Crippen molar-refractivity contribution in [3.8, 4) is 28.5 Å². The van der Waals surface area contributed by atoms with Gasteiger partial charge in [-0.15, -0.1) is 0 Å². The molecule has 5 rings (SSSR count). The maximum atomic E-state index is 13.5. The average Bonchev–Trinajstić information content (AvgIpc) is 3.62. The van der Waals surface area contributed by atoms with Crippen LogP contribution in [0.4, 0.5) is 4.39 Å². The first-order valence-corrected chi connectivity index (χ1v) is 12.2. The van der Waals surface area contributed by atoms with Gasteiger partial charge >= 0.3 is 0 Å². The van der Waals surface area contributed by atoms with Gasteiger partial charge in [0.25, 0.3) is 11.5 Å². The van der Waals surface area contributed by atoms with E-state index in [-0.39, 0.29) is 42.6 Å². The van der Waals surface area contributed by atoms with Crippen LogP contribution < -0.4 is 25.1 Å². The van der Waals surface area contributed by atoms with Gasteiger partial charge in [-0.05, 0) is 35.9 Å². The lowest BCUT2D eigenvalue weighted by atomic mass is 10.1. The van der Waals surface area contributed by atoms with Gasteiger partial charge < -0.3 is 19.5 Å². The van der Waals surface area contributed by atoms with E-state index in [4.69, 9.17) is 14.2 Å². The number of carbonyl (C=O) groups excluding carboxylic acids is 1. The third kappa shape index (κ3) is 5.21. The first-order chi connectivity index (χ1) is 19.4. The van der Waals surface area contributed by atoms with E-state index in [2.05, 4.69) is 25.6 Å². The van der Waals surface area contributed by atoms with Crippen molar-refractivity contribution < 1.29 is 23.4 Å². The number of aromatic nitrogens is 6. The maximum Gasteiger partial charge on any atom is 0.269 e. The molecule has 0 spiro atoms. The molecular weight excluding hydrogens is 521 g/mol. The molecule has 2 aromatic carbocycles. The van der Waals surface area contributed by atoms with Crippen molar-refractivity contribution in [2.24, 2.45) is 0 Å². The SMILES string of the molecule is COc1cc(-c2cc(C(=O)NCCn3ncc4c(=O)n(Cc5cccc(F)c5)cnc43)[nH]n2)cc(OC)c1OC. The standard InChI is InChI=1S/C27H26FN7O5/c1-38-22-10-17(11-23(39-2)24(22)40-3)20-12-21(33-32-20)26(36)29-7-8-35-25-19(13-31-35)27(37)34(15-30-25)14-16-5-4-6-18(28)9-16/h4-6,9-13,15H,7-8,14H2,1-3H3,(H,29,36)(H,32,33). The van der Waals surface area contributed by atoms with Crippen molar-refractivity contribution in [2.75, 3.05) is 27.9 Å². The van der Waals surface area contributed by atoms with Gasteiger partial charge in [0.2, 0.25) is 5.75 Å². The molecule has 0 radical (unpaired) electrons. The molecule has 0 saturated carbocycles. The third-order valence-electron chi connectivity index (χ3n) is 6.26. The Hall–Kier alpha value is -5.20. The van der Waals surface area contributed by atoms with Gasteiger partial charge in [-0.25, -0.2) is 14.1 Å². The van der Waals surface area contributed by atoms with E-state index < -0.39 is 0 Å². The molecule has 40 heavy (non-hydrogen) atoms. The molecule has 3 heterocycles. The molecule has 5 aromatic rings. The van der Waals surface area contributed by atoms with Gasteiger partial charge in [-0.3, -0.25) is 19.3 Å². The Morgan fingerprint density at radius 2 is 1.85 bits per heavy atom. The molecule has 0 bridgehead atoms. The Kier molecular flexibility index (Phi) is 7.44. The number of aromatic amines is 1. The lowest BCUT2D eigenvalue weighted by molar-refractivity contribution is 0.0947. The molecular formula is C27H26FN7O5. The number of hydrogen-bond acceptors (Lipinski definition) is 8. The summed E-state index contributed by atoms with van der Waals surface area (Å²) >= 11 is 0. The van der Waals surface area contributed by atoms with Crippen molar-refractivity contribution in [1.82, 2.24) is 34.8 Å². The van der Waals surface area contributed by atoms with Crippen molar-refractivity contribution >= 4 is 16.9 Å². The molecule has 206 valence electrons. The Morgan fingerprint density at radius 3 is 2.55 bits per heavy atom. The molecule has 0 atom stereocenters. The second-order valence-corrected chi connectivity index (χ2v) is 8.75. The highest BCUT2D eigenvalue weighted by molar-refractivity contribution is 5.93. The molecule has 2 N–H and O–H groups in total. The van der Waals surface area contributed by atoms with Crippen LogP contribution in [0.5, 0.6) is 17.2 Å². The van der Waals surface area contributed by atoms with Crippen LogP contribution in [0.3, 0.4) is 0 Å². The number of fused-ring (bicyclic) bond motifs is 1. The van der Waals surface area contributed by atoms with Gasteiger partial charge in [-0.2, -0.15) is 10.2 Å². The van der Waals surface area contributed by atoms with Crippen LogP contribution >= 0.6 is 0 Å². The van der Waals surface area contributed by atoms with Gasteiger partial charge in [0.15, 0.2) is 17.1 Å².